The van der Waals surface area contributed by atoms with Crippen LogP contribution in [0.4, 0.5) is 5.69 Å². The van der Waals surface area contributed by atoms with Gasteiger partial charge in [-0.3, -0.25) is 0 Å². The highest BCUT2D eigenvalue weighted by Gasteiger charge is 2.19. The first-order valence-corrected chi connectivity index (χ1v) is 8.85. The predicted octanol–water partition coefficient (Wildman–Crippen LogP) is 5.46. The third kappa shape index (κ3) is 4.38. The number of carboxylic acids is 1. The van der Waals surface area contributed by atoms with Crippen molar-refractivity contribution in [2.45, 2.75) is 39.5 Å². The molecule has 0 aliphatic heterocycles. The first-order chi connectivity index (χ1) is 11.7. The fraction of sp³-hybridized carbons (Fsp3) is 0.381. The van der Waals surface area contributed by atoms with E-state index in [1.54, 1.807) is 6.07 Å². The topological polar surface area (TPSA) is 40.5 Å². The van der Waals surface area contributed by atoms with Crippen LogP contribution in [0.2, 0.25) is 0 Å². The Morgan fingerprint density at radius 1 is 0.917 bits per heavy atom. The normalized spacial score (nSPS) is 10.6. The van der Waals surface area contributed by atoms with Crippen LogP contribution in [0, 0.1) is 0 Å². The van der Waals surface area contributed by atoms with E-state index in [1.165, 1.54) is 0 Å². The molecule has 128 valence electrons. The summed E-state index contributed by atoms with van der Waals surface area (Å²) in [5, 5.41) is 9.67. The summed E-state index contributed by atoms with van der Waals surface area (Å²) < 4.78 is 0. The lowest BCUT2D eigenvalue weighted by Crippen LogP contribution is -2.26. The Balaban J connectivity index is 2.54. The molecular formula is C21H27NO2. The van der Waals surface area contributed by atoms with E-state index in [2.05, 4.69) is 24.8 Å². The molecule has 0 aromatic heterocycles. The van der Waals surface area contributed by atoms with Crippen molar-refractivity contribution in [1.29, 1.82) is 0 Å². The number of aromatic carboxylic acids is 1. The molecule has 0 heterocycles. The van der Waals surface area contributed by atoms with E-state index < -0.39 is 5.97 Å². The monoisotopic (exact) mass is 325 g/mol. The molecule has 0 saturated carbocycles. The van der Waals surface area contributed by atoms with E-state index in [4.69, 9.17) is 0 Å². The van der Waals surface area contributed by atoms with Crippen LogP contribution in [0.15, 0.2) is 48.5 Å². The van der Waals surface area contributed by atoms with E-state index in [9.17, 15) is 9.90 Å². The van der Waals surface area contributed by atoms with Crippen LogP contribution in [0.25, 0.3) is 11.1 Å². The maximum atomic E-state index is 11.8. The van der Waals surface area contributed by atoms with Gasteiger partial charge < -0.3 is 10.0 Å². The van der Waals surface area contributed by atoms with Crippen molar-refractivity contribution < 1.29 is 9.90 Å². The molecule has 1 N–H and O–H groups in total. The molecule has 0 atom stereocenters. The Hall–Kier alpha value is -2.29. The summed E-state index contributed by atoms with van der Waals surface area (Å²) in [5.41, 5.74) is 3.20. The summed E-state index contributed by atoms with van der Waals surface area (Å²) in [6, 6.07) is 15.5. The standard InChI is InChI=1S/C21H27NO2/c1-3-5-15-22(16-6-4-2)19-14-10-13-18(21(23)24)20(19)17-11-8-7-9-12-17/h7-14H,3-6,15-16H2,1-2H3,(H,23,24). The molecule has 0 unspecified atom stereocenters. The molecule has 0 bridgehead atoms. The SMILES string of the molecule is CCCCN(CCCC)c1cccc(C(=O)O)c1-c1ccccc1. The lowest BCUT2D eigenvalue weighted by atomic mass is 9.96. The second-order valence-electron chi connectivity index (χ2n) is 6.07. The lowest BCUT2D eigenvalue weighted by Gasteiger charge is -2.28. The molecule has 0 aliphatic rings. The first kappa shape index (κ1) is 18.1. The van der Waals surface area contributed by atoms with Gasteiger partial charge in [-0.15, -0.1) is 0 Å². The van der Waals surface area contributed by atoms with Crippen molar-refractivity contribution in [1.82, 2.24) is 0 Å². The predicted molar refractivity (Wildman–Crippen MR) is 101 cm³/mol. The summed E-state index contributed by atoms with van der Waals surface area (Å²) in [7, 11) is 0. The minimum Gasteiger partial charge on any atom is -0.478 e. The zero-order valence-corrected chi connectivity index (χ0v) is 14.7. The molecule has 0 radical (unpaired) electrons. The number of benzene rings is 2. The van der Waals surface area contributed by atoms with Gasteiger partial charge in [0.15, 0.2) is 0 Å². The molecule has 0 fully saturated rings. The van der Waals surface area contributed by atoms with Gasteiger partial charge in [0.25, 0.3) is 0 Å². The van der Waals surface area contributed by atoms with E-state index in [-0.39, 0.29) is 0 Å². The summed E-state index contributed by atoms with van der Waals surface area (Å²) in [4.78, 5) is 14.1. The molecular weight excluding hydrogens is 298 g/mol. The summed E-state index contributed by atoms with van der Waals surface area (Å²) in [6.45, 7) is 6.28. The van der Waals surface area contributed by atoms with E-state index in [0.29, 0.717) is 5.56 Å². The number of unbranched alkanes of at least 4 members (excludes halogenated alkanes) is 2. The van der Waals surface area contributed by atoms with Gasteiger partial charge in [0.1, 0.15) is 0 Å². The average Bonchev–Trinajstić information content (AvgIpc) is 2.62. The summed E-state index contributed by atoms with van der Waals surface area (Å²) in [5.74, 6) is -0.873. The largest absolute Gasteiger partial charge is 0.478 e. The van der Waals surface area contributed by atoms with Crippen molar-refractivity contribution >= 4 is 11.7 Å². The fourth-order valence-electron chi connectivity index (χ4n) is 2.94. The smallest absolute Gasteiger partial charge is 0.336 e. The third-order valence-electron chi connectivity index (χ3n) is 4.24. The Kier molecular flexibility index (Phi) is 6.86. The zero-order valence-electron chi connectivity index (χ0n) is 14.7. The van der Waals surface area contributed by atoms with Crippen molar-refractivity contribution in [2.75, 3.05) is 18.0 Å². The maximum absolute atomic E-state index is 11.8. The van der Waals surface area contributed by atoms with Crippen LogP contribution in [-0.2, 0) is 0 Å². The van der Waals surface area contributed by atoms with Gasteiger partial charge in [0, 0.05) is 24.3 Å². The number of nitrogens with zero attached hydrogens (tertiary/aromatic N) is 1. The second kappa shape index (κ2) is 9.11. The van der Waals surface area contributed by atoms with Crippen LogP contribution in [0.5, 0.6) is 0 Å². The Morgan fingerprint density at radius 3 is 2.08 bits per heavy atom. The molecule has 0 amide bonds. The highest BCUT2D eigenvalue weighted by Crippen LogP contribution is 2.34. The molecule has 0 aliphatic carbocycles. The van der Waals surface area contributed by atoms with Gasteiger partial charge in [-0.1, -0.05) is 63.1 Å². The van der Waals surface area contributed by atoms with Gasteiger partial charge in [0.05, 0.1) is 5.56 Å². The number of carboxylic acid groups (broad SMARTS) is 1. The molecule has 2 aromatic rings. The number of anilines is 1. The van der Waals surface area contributed by atoms with Crippen LogP contribution in [0.1, 0.15) is 49.9 Å². The first-order valence-electron chi connectivity index (χ1n) is 8.85. The van der Waals surface area contributed by atoms with Crippen LogP contribution in [0.3, 0.4) is 0 Å². The lowest BCUT2D eigenvalue weighted by molar-refractivity contribution is 0.0697. The Bertz CT molecular complexity index is 644. The summed E-state index contributed by atoms with van der Waals surface area (Å²) >= 11 is 0. The highest BCUT2D eigenvalue weighted by atomic mass is 16.4. The molecule has 0 saturated heterocycles. The minimum absolute atomic E-state index is 0.372. The molecule has 2 rings (SSSR count). The Morgan fingerprint density at radius 2 is 1.54 bits per heavy atom. The van der Waals surface area contributed by atoms with Gasteiger partial charge in [-0.05, 0) is 30.5 Å². The van der Waals surface area contributed by atoms with Gasteiger partial charge in [0.2, 0.25) is 0 Å². The van der Waals surface area contributed by atoms with Crippen LogP contribution >= 0.6 is 0 Å². The van der Waals surface area contributed by atoms with Crippen molar-refractivity contribution in [3.63, 3.8) is 0 Å². The van der Waals surface area contributed by atoms with Crippen LogP contribution < -0.4 is 4.90 Å². The van der Waals surface area contributed by atoms with Gasteiger partial charge in [-0.2, -0.15) is 0 Å². The van der Waals surface area contributed by atoms with Gasteiger partial charge >= 0.3 is 5.97 Å². The number of rotatable bonds is 9. The van der Waals surface area contributed by atoms with E-state index in [1.807, 2.05) is 36.4 Å². The van der Waals surface area contributed by atoms with E-state index >= 15 is 0 Å². The second-order valence-corrected chi connectivity index (χ2v) is 6.07. The average molecular weight is 325 g/mol. The molecule has 3 heteroatoms. The number of carbonyl (C=O) groups is 1. The number of hydrogen-bond acceptors (Lipinski definition) is 2. The minimum atomic E-state index is -0.873. The van der Waals surface area contributed by atoms with Crippen molar-refractivity contribution in [3.8, 4) is 11.1 Å². The highest BCUT2D eigenvalue weighted by molar-refractivity contribution is 6.00. The van der Waals surface area contributed by atoms with Gasteiger partial charge in [-0.25, -0.2) is 4.79 Å². The van der Waals surface area contributed by atoms with Crippen molar-refractivity contribution in [3.05, 3.63) is 54.1 Å². The summed E-state index contributed by atoms with van der Waals surface area (Å²) in [6.07, 6.45) is 4.47. The maximum Gasteiger partial charge on any atom is 0.336 e. The quantitative estimate of drug-likeness (QED) is 0.665. The van der Waals surface area contributed by atoms with E-state index in [0.717, 1.165) is 55.6 Å². The third-order valence-corrected chi connectivity index (χ3v) is 4.24. The molecule has 0 spiro atoms. The number of hydrogen-bond donors (Lipinski definition) is 1. The van der Waals surface area contributed by atoms with Crippen molar-refractivity contribution in [2.24, 2.45) is 0 Å². The fourth-order valence-corrected chi connectivity index (χ4v) is 2.94. The zero-order chi connectivity index (χ0) is 17.4. The Labute approximate surface area is 144 Å². The molecule has 3 nitrogen and oxygen atoms in total. The molecule has 2 aromatic carbocycles. The van der Waals surface area contributed by atoms with Crippen LogP contribution in [-0.4, -0.2) is 24.2 Å². The molecule has 24 heavy (non-hydrogen) atoms.